The van der Waals surface area contributed by atoms with Crippen LogP contribution in [0.5, 0.6) is 0 Å². The molecule has 0 atom stereocenters. The maximum absolute atomic E-state index is 13.7. The van der Waals surface area contributed by atoms with Gasteiger partial charge in [-0.15, -0.1) is 0 Å². The molecular formula is C12H5Br2F3. The van der Waals surface area contributed by atoms with E-state index in [1.807, 2.05) is 0 Å². The zero-order valence-corrected chi connectivity index (χ0v) is 11.4. The lowest BCUT2D eigenvalue weighted by molar-refractivity contribution is 0.587. The lowest BCUT2D eigenvalue weighted by Gasteiger charge is -2.08. The van der Waals surface area contributed by atoms with Crippen LogP contribution in [0, 0.1) is 17.5 Å². The number of halogens is 5. The monoisotopic (exact) mass is 364 g/mol. The lowest BCUT2D eigenvalue weighted by Crippen LogP contribution is -1.92. The highest BCUT2D eigenvalue weighted by Gasteiger charge is 2.15. The molecule has 0 fully saturated rings. The Balaban J connectivity index is 2.72. The molecule has 5 heteroatoms. The van der Waals surface area contributed by atoms with E-state index in [0.717, 1.165) is 18.2 Å². The minimum Gasteiger partial charge on any atom is -0.207 e. The summed E-state index contributed by atoms with van der Waals surface area (Å²) in [5.74, 6) is -2.05. The van der Waals surface area contributed by atoms with Gasteiger partial charge < -0.3 is 0 Å². The molecule has 0 N–H and O–H groups in total. The first kappa shape index (κ1) is 12.6. The van der Waals surface area contributed by atoms with Crippen molar-refractivity contribution in [1.29, 1.82) is 0 Å². The minimum absolute atomic E-state index is 0.146. The van der Waals surface area contributed by atoms with Gasteiger partial charge in [0.1, 0.15) is 17.5 Å². The van der Waals surface area contributed by atoms with Crippen molar-refractivity contribution < 1.29 is 13.2 Å². The Bertz CT molecular complexity index is 559. The third-order valence-corrected chi connectivity index (χ3v) is 3.35. The molecule has 88 valence electrons. The number of rotatable bonds is 1. The van der Waals surface area contributed by atoms with E-state index < -0.39 is 17.5 Å². The van der Waals surface area contributed by atoms with E-state index in [9.17, 15) is 13.2 Å². The summed E-state index contributed by atoms with van der Waals surface area (Å²) < 4.78 is 41.2. The molecule has 0 amide bonds. The van der Waals surface area contributed by atoms with Gasteiger partial charge in [-0.3, -0.25) is 0 Å². The highest BCUT2D eigenvalue weighted by Crippen LogP contribution is 2.34. The minimum atomic E-state index is -0.747. The molecule has 0 unspecified atom stereocenters. The molecule has 0 saturated carbocycles. The summed E-state index contributed by atoms with van der Waals surface area (Å²) in [5, 5.41) is 0. The smallest absolute Gasteiger partial charge is 0.135 e. The average Bonchev–Trinajstić information content (AvgIpc) is 2.21. The molecule has 2 aromatic rings. The van der Waals surface area contributed by atoms with Gasteiger partial charge in [0.25, 0.3) is 0 Å². The van der Waals surface area contributed by atoms with Crippen LogP contribution in [0.15, 0.2) is 39.3 Å². The topological polar surface area (TPSA) is 0 Å². The molecule has 0 bridgehead atoms. The van der Waals surface area contributed by atoms with Gasteiger partial charge in [0.2, 0.25) is 0 Å². The number of benzene rings is 2. The van der Waals surface area contributed by atoms with Crippen LogP contribution in [-0.2, 0) is 0 Å². The molecule has 0 aliphatic heterocycles. The van der Waals surface area contributed by atoms with E-state index >= 15 is 0 Å². The Hall–Kier alpha value is -0.810. The predicted octanol–water partition coefficient (Wildman–Crippen LogP) is 5.30. The molecule has 0 heterocycles. The summed E-state index contributed by atoms with van der Waals surface area (Å²) in [6.45, 7) is 0. The van der Waals surface area contributed by atoms with Gasteiger partial charge in [-0.1, -0.05) is 31.9 Å². The molecule has 0 radical (unpaired) electrons. The molecule has 0 aliphatic rings. The molecule has 0 saturated heterocycles. The summed E-state index contributed by atoms with van der Waals surface area (Å²) in [7, 11) is 0. The predicted molar refractivity (Wildman–Crippen MR) is 67.2 cm³/mol. The van der Waals surface area contributed by atoms with Gasteiger partial charge in [-0.05, 0) is 30.3 Å². The summed E-state index contributed by atoms with van der Waals surface area (Å²) in [4.78, 5) is 0. The standard InChI is InChI=1S/C12H5Br2F3/c13-6-3-10(16)12(11(17)4-6)8-5-7(15)1-2-9(8)14/h1-5H. The molecule has 0 spiro atoms. The van der Waals surface area contributed by atoms with Crippen molar-refractivity contribution in [3.63, 3.8) is 0 Å². The fourth-order valence-electron chi connectivity index (χ4n) is 1.49. The Labute approximate surface area is 113 Å². The highest BCUT2D eigenvalue weighted by atomic mass is 79.9. The molecule has 0 aromatic heterocycles. The van der Waals surface area contributed by atoms with Gasteiger partial charge in [-0.2, -0.15) is 0 Å². The van der Waals surface area contributed by atoms with Crippen molar-refractivity contribution in [3.8, 4) is 11.1 Å². The SMILES string of the molecule is Fc1ccc(Br)c(-c2c(F)cc(Br)cc2F)c1. The van der Waals surface area contributed by atoms with E-state index in [2.05, 4.69) is 31.9 Å². The van der Waals surface area contributed by atoms with Crippen molar-refractivity contribution in [1.82, 2.24) is 0 Å². The Morgan fingerprint density at radius 1 is 0.824 bits per heavy atom. The second-order valence-electron chi connectivity index (χ2n) is 3.37. The lowest BCUT2D eigenvalue weighted by atomic mass is 10.0. The third-order valence-electron chi connectivity index (χ3n) is 2.20. The van der Waals surface area contributed by atoms with E-state index in [4.69, 9.17) is 0 Å². The fraction of sp³-hybridized carbons (Fsp3) is 0. The summed E-state index contributed by atoms with van der Waals surface area (Å²) >= 11 is 6.13. The molecule has 2 rings (SSSR count). The zero-order valence-electron chi connectivity index (χ0n) is 8.28. The highest BCUT2D eigenvalue weighted by molar-refractivity contribution is 9.10. The molecule has 0 aliphatic carbocycles. The van der Waals surface area contributed by atoms with Crippen molar-refractivity contribution >= 4 is 31.9 Å². The Kier molecular flexibility index (Phi) is 3.58. The molecule has 17 heavy (non-hydrogen) atoms. The van der Waals surface area contributed by atoms with Crippen molar-refractivity contribution in [2.45, 2.75) is 0 Å². The number of hydrogen-bond acceptors (Lipinski definition) is 0. The maximum atomic E-state index is 13.7. The first-order valence-electron chi connectivity index (χ1n) is 4.59. The van der Waals surface area contributed by atoms with Gasteiger partial charge >= 0.3 is 0 Å². The van der Waals surface area contributed by atoms with E-state index in [0.29, 0.717) is 8.95 Å². The van der Waals surface area contributed by atoms with Crippen molar-refractivity contribution in [2.75, 3.05) is 0 Å². The van der Waals surface area contributed by atoms with Gasteiger partial charge in [0.15, 0.2) is 0 Å². The van der Waals surface area contributed by atoms with E-state index in [-0.39, 0.29) is 11.1 Å². The van der Waals surface area contributed by atoms with Crippen molar-refractivity contribution in [2.24, 2.45) is 0 Å². The van der Waals surface area contributed by atoms with Gasteiger partial charge in [-0.25, -0.2) is 13.2 Å². The van der Waals surface area contributed by atoms with Crippen LogP contribution in [0.2, 0.25) is 0 Å². The molecule has 2 aromatic carbocycles. The summed E-state index contributed by atoms with van der Waals surface area (Å²) in [6.07, 6.45) is 0. The van der Waals surface area contributed by atoms with Crippen LogP contribution in [0.3, 0.4) is 0 Å². The van der Waals surface area contributed by atoms with Gasteiger partial charge in [0.05, 0.1) is 5.56 Å². The van der Waals surface area contributed by atoms with E-state index in [1.54, 1.807) is 0 Å². The molecular weight excluding hydrogens is 361 g/mol. The second kappa shape index (κ2) is 4.82. The van der Waals surface area contributed by atoms with Crippen LogP contribution in [0.4, 0.5) is 13.2 Å². The third kappa shape index (κ3) is 2.55. The van der Waals surface area contributed by atoms with Crippen molar-refractivity contribution in [3.05, 3.63) is 56.7 Å². The van der Waals surface area contributed by atoms with Crippen LogP contribution in [0.1, 0.15) is 0 Å². The van der Waals surface area contributed by atoms with Gasteiger partial charge in [0, 0.05) is 14.5 Å². The number of hydrogen-bond donors (Lipinski definition) is 0. The van der Waals surface area contributed by atoms with Crippen LogP contribution < -0.4 is 0 Å². The first-order valence-corrected chi connectivity index (χ1v) is 6.17. The average molecular weight is 366 g/mol. The summed E-state index contributed by atoms with van der Waals surface area (Å²) in [6, 6.07) is 5.97. The Morgan fingerprint density at radius 3 is 2.00 bits per heavy atom. The van der Waals surface area contributed by atoms with Crippen LogP contribution >= 0.6 is 31.9 Å². The normalized spacial score (nSPS) is 10.6. The fourth-order valence-corrected chi connectivity index (χ4v) is 2.34. The quantitative estimate of drug-likeness (QED) is 0.643. The van der Waals surface area contributed by atoms with Crippen LogP contribution in [0.25, 0.3) is 11.1 Å². The zero-order chi connectivity index (χ0) is 12.6. The second-order valence-corrected chi connectivity index (χ2v) is 5.14. The maximum Gasteiger partial charge on any atom is 0.135 e. The molecule has 0 nitrogen and oxygen atoms in total. The van der Waals surface area contributed by atoms with Crippen LogP contribution in [-0.4, -0.2) is 0 Å². The van der Waals surface area contributed by atoms with E-state index in [1.165, 1.54) is 12.1 Å². The Morgan fingerprint density at radius 2 is 1.41 bits per heavy atom. The first-order chi connectivity index (χ1) is 7.99. The summed E-state index contributed by atoms with van der Waals surface area (Å²) in [5.41, 5.74) is -0.105. The largest absolute Gasteiger partial charge is 0.207 e.